The van der Waals surface area contributed by atoms with Crippen LogP contribution in [-0.2, 0) is 0 Å². The Kier molecular flexibility index (Phi) is 4.53. The number of amidine groups is 1. The fourth-order valence-electron chi connectivity index (χ4n) is 2.01. The third-order valence-electron chi connectivity index (χ3n) is 2.98. The number of nitrogens with one attached hydrogen (secondary N) is 1. The van der Waals surface area contributed by atoms with Gasteiger partial charge < -0.3 is 15.4 Å². The molecule has 0 aliphatic heterocycles. The SMILES string of the molecule is CN(C)CCCOc1cc(C(=N)N)c2ccccc2n1. The van der Waals surface area contributed by atoms with Crippen LogP contribution in [0.3, 0.4) is 0 Å². The zero-order chi connectivity index (χ0) is 14.5. The second kappa shape index (κ2) is 6.34. The molecule has 5 nitrogen and oxygen atoms in total. The fraction of sp³-hybridized carbons (Fsp3) is 0.333. The molecule has 0 radical (unpaired) electrons. The number of hydrogen-bond acceptors (Lipinski definition) is 4. The van der Waals surface area contributed by atoms with Crippen molar-refractivity contribution in [2.24, 2.45) is 5.73 Å². The van der Waals surface area contributed by atoms with Crippen LogP contribution in [0.4, 0.5) is 0 Å². The second-order valence-electron chi connectivity index (χ2n) is 4.94. The van der Waals surface area contributed by atoms with E-state index in [1.54, 1.807) is 6.07 Å². The van der Waals surface area contributed by atoms with Crippen molar-refractivity contribution in [3.8, 4) is 5.88 Å². The van der Waals surface area contributed by atoms with E-state index in [0.29, 0.717) is 18.1 Å². The van der Waals surface area contributed by atoms with Crippen molar-refractivity contribution in [3.05, 3.63) is 35.9 Å². The molecule has 106 valence electrons. The van der Waals surface area contributed by atoms with Crippen molar-refractivity contribution >= 4 is 16.7 Å². The Hall–Kier alpha value is -2.14. The lowest BCUT2D eigenvalue weighted by molar-refractivity contribution is 0.274. The Morgan fingerprint density at radius 1 is 1.35 bits per heavy atom. The maximum absolute atomic E-state index is 7.67. The lowest BCUT2D eigenvalue weighted by Gasteiger charge is -2.11. The van der Waals surface area contributed by atoms with E-state index >= 15 is 0 Å². The number of ether oxygens (including phenoxy) is 1. The number of pyridine rings is 1. The minimum atomic E-state index is 0.0294. The average Bonchev–Trinajstić information content (AvgIpc) is 2.42. The van der Waals surface area contributed by atoms with E-state index in [4.69, 9.17) is 15.9 Å². The van der Waals surface area contributed by atoms with E-state index in [9.17, 15) is 0 Å². The third-order valence-corrected chi connectivity index (χ3v) is 2.98. The van der Waals surface area contributed by atoms with Gasteiger partial charge in [-0.3, -0.25) is 5.41 Å². The molecule has 20 heavy (non-hydrogen) atoms. The number of rotatable bonds is 6. The summed E-state index contributed by atoms with van der Waals surface area (Å²) in [5, 5.41) is 8.55. The molecule has 0 unspecified atom stereocenters. The number of nitrogens with two attached hydrogens (primary N) is 1. The van der Waals surface area contributed by atoms with E-state index in [2.05, 4.69) is 9.88 Å². The maximum Gasteiger partial charge on any atom is 0.214 e. The number of fused-ring (bicyclic) bond motifs is 1. The summed E-state index contributed by atoms with van der Waals surface area (Å²) in [6.45, 7) is 1.56. The molecule has 2 rings (SSSR count). The summed E-state index contributed by atoms with van der Waals surface area (Å²) in [4.78, 5) is 6.56. The van der Waals surface area contributed by atoms with Crippen molar-refractivity contribution < 1.29 is 4.74 Å². The zero-order valence-electron chi connectivity index (χ0n) is 11.9. The fourth-order valence-corrected chi connectivity index (χ4v) is 2.01. The molecule has 0 aliphatic rings. The maximum atomic E-state index is 7.67. The van der Waals surface area contributed by atoms with Gasteiger partial charge in [0, 0.05) is 23.6 Å². The first kappa shape index (κ1) is 14.3. The minimum absolute atomic E-state index is 0.0294. The molecule has 0 atom stereocenters. The first-order valence-corrected chi connectivity index (χ1v) is 6.59. The van der Waals surface area contributed by atoms with Crippen molar-refractivity contribution in [3.63, 3.8) is 0 Å². The molecular weight excluding hydrogens is 252 g/mol. The Bertz CT molecular complexity index is 610. The van der Waals surface area contributed by atoms with Crippen LogP contribution in [-0.4, -0.2) is 43.0 Å². The molecular formula is C15H20N4O. The number of benzene rings is 1. The first-order valence-electron chi connectivity index (χ1n) is 6.59. The van der Waals surface area contributed by atoms with Gasteiger partial charge in [-0.1, -0.05) is 18.2 Å². The predicted octanol–water partition coefficient (Wildman–Crippen LogP) is 1.85. The monoisotopic (exact) mass is 272 g/mol. The molecule has 1 aromatic carbocycles. The molecule has 1 aromatic heterocycles. The molecule has 0 aliphatic carbocycles. The largest absolute Gasteiger partial charge is 0.478 e. The first-order chi connectivity index (χ1) is 9.58. The third kappa shape index (κ3) is 3.45. The van der Waals surface area contributed by atoms with Gasteiger partial charge in [0.25, 0.3) is 0 Å². The van der Waals surface area contributed by atoms with Gasteiger partial charge in [0.05, 0.1) is 12.1 Å². The molecule has 0 spiro atoms. The summed E-state index contributed by atoms with van der Waals surface area (Å²) in [6.07, 6.45) is 0.927. The molecule has 5 heteroatoms. The van der Waals surface area contributed by atoms with E-state index in [1.807, 2.05) is 38.4 Å². The Morgan fingerprint density at radius 3 is 2.80 bits per heavy atom. The average molecular weight is 272 g/mol. The van der Waals surface area contributed by atoms with Crippen LogP contribution in [0.1, 0.15) is 12.0 Å². The van der Waals surface area contributed by atoms with E-state index < -0.39 is 0 Å². The molecule has 1 heterocycles. The number of nitrogen functional groups attached to an aromatic ring is 1. The number of aromatic nitrogens is 1. The van der Waals surface area contributed by atoms with Crippen LogP contribution in [0.25, 0.3) is 10.9 Å². The number of para-hydroxylation sites is 1. The molecule has 3 N–H and O–H groups in total. The van der Waals surface area contributed by atoms with Crippen LogP contribution in [0.2, 0.25) is 0 Å². The highest BCUT2D eigenvalue weighted by molar-refractivity contribution is 6.06. The highest BCUT2D eigenvalue weighted by atomic mass is 16.5. The Labute approximate surface area is 118 Å². The van der Waals surface area contributed by atoms with E-state index in [1.165, 1.54) is 0 Å². The van der Waals surface area contributed by atoms with Crippen LogP contribution in [0.15, 0.2) is 30.3 Å². The molecule has 0 bridgehead atoms. The summed E-state index contributed by atoms with van der Waals surface area (Å²) in [5.74, 6) is 0.550. The van der Waals surface area contributed by atoms with Gasteiger partial charge in [-0.15, -0.1) is 0 Å². The predicted molar refractivity (Wildman–Crippen MR) is 81.4 cm³/mol. The zero-order valence-corrected chi connectivity index (χ0v) is 11.9. The number of hydrogen-bond donors (Lipinski definition) is 2. The summed E-state index contributed by atoms with van der Waals surface area (Å²) < 4.78 is 5.67. The highest BCUT2D eigenvalue weighted by Crippen LogP contribution is 2.21. The highest BCUT2D eigenvalue weighted by Gasteiger charge is 2.08. The summed E-state index contributed by atoms with van der Waals surface area (Å²) in [5.41, 5.74) is 7.10. The summed E-state index contributed by atoms with van der Waals surface area (Å²) >= 11 is 0. The van der Waals surface area contributed by atoms with Gasteiger partial charge in [0.15, 0.2) is 0 Å². The van der Waals surface area contributed by atoms with Gasteiger partial charge in [0.1, 0.15) is 5.84 Å². The minimum Gasteiger partial charge on any atom is -0.478 e. The lowest BCUT2D eigenvalue weighted by Crippen LogP contribution is -2.16. The second-order valence-corrected chi connectivity index (χ2v) is 4.94. The van der Waals surface area contributed by atoms with Crippen LogP contribution in [0.5, 0.6) is 5.88 Å². The van der Waals surface area contributed by atoms with Crippen molar-refractivity contribution in [1.29, 1.82) is 5.41 Å². The van der Waals surface area contributed by atoms with Gasteiger partial charge >= 0.3 is 0 Å². The van der Waals surface area contributed by atoms with Crippen LogP contribution < -0.4 is 10.5 Å². The smallest absolute Gasteiger partial charge is 0.214 e. The Morgan fingerprint density at radius 2 is 2.10 bits per heavy atom. The van der Waals surface area contributed by atoms with Crippen LogP contribution >= 0.6 is 0 Å². The molecule has 0 fully saturated rings. The van der Waals surface area contributed by atoms with Gasteiger partial charge in [-0.2, -0.15) is 0 Å². The quantitative estimate of drug-likeness (QED) is 0.478. The van der Waals surface area contributed by atoms with Gasteiger partial charge in [-0.05, 0) is 26.6 Å². The van der Waals surface area contributed by atoms with Crippen molar-refractivity contribution in [2.45, 2.75) is 6.42 Å². The van der Waals surface area contributed by atoms with Gasteiger partial charge in [-0.25, -0.2) is 4.98 Å². The lowest BCUT2D eigenvalue weighted by atomic mass is 10.1. The van der Waals surface area contributed by atoms with E-state index in [-0.39, 0.29) is 5.84 Å². The Balaban J connectivity index is 2.20. The molecule has 0 saturated carbocycles. The van der Waals surface area contributed by atoms with Crippen LogP contribution in [0, 0.1) is 5.41 Å². The topological polar surface area (TPSA) is 75.2 Å². The summed E-state index contributed by atoms with van der Waals surface area (Å²) in [6, 6.07) is 9.37. The molecule has 0 amide bonds. The van der Waals surface area contributed by atoms with Crippen molar-refractivity contribution in [1.82, 2.24) is 9.88 Å². The molecule has 0 saturated heterocycles. The standard InChI is InChI=1S/C15H20N4O/c1-19(2)8-5-9-20-14-10-12(15(16)17)11-6-3-4-7-13(11)18-14/h3-4,6-7,10H,5,8-9H2,1-2H3,(H3,16,17). The number of nitrogens with zero attached hydrogens (tertiary/aromatic N) is 2. The summed E-state index contributed by atoms with van der Waals surface area (Å²) in [7, 11) is 4.06. The van der Waals surface area contributed by atoms with Gasteiger partial charge in [0.2, 0.25) is 5.88 Å². The molecule has 2 aromatic rings. The normalized spacial score (nSPS) is 10.9. The van der Waals surface area contributed by atoms with Crippen molar-refractivity contribution in [2.75, 3.05) is 27.2 Å². The van der Waals surface area contributed by atoms with E-state index in [0.717, 1.165) is 23.9 Å².